The van der Waals surface area contributed by atoms with Crippen molar-refractivity contribution >= 4 is 17.4 Å². The number of amides is 1. The number of hydrogen-bond acceptors (Lipinski definition) is 6. The molecule has 0 bridgehead atoms. The molecule has 1 aliphatic heterocycles. The van der Waals surface area contributed by atoms with Gasteiger partial charge in [0, 0.05) is 6.54 Å². The molecule has 166 valence electrons. The minimum absolute atomic E-state index is 0.0190. The first-order valence-corrected chi connectivity index (χ1v) is 10.5. The largest absolute Gasteiger partial charge is 0.507 e. The van der Waals surface area contributed by atoms with Crippen LogP contribution in [0.1, 0.15) is 29.5 Å². The number of furan rings is 1. The van der Waals surface area contributed by atoms with Crippen LogP contribution in [0.3, 0.4) is 0 Å². The number of likely N-dealkylation sites (tertiary alicyclic amines) is 1. The summed E-state index contributed by atoms with van der Waals surface area (Å²) in [5, 5.41) is 15.6. The smallest absolute Gasteiger partial charge is 0.295 e. The number of carbonyl (C=O) groups is 2. The average molecular weight is 434 g/mol. The minimum atomic E-state index is -0.786. The predicted molar refractivity (Wildman–Crippen MR) is 119 cm³/mol. The molecular formula is C24H26N4O4. The van der Waals surface area contributed by atoms with Gasteiger partial charge < -0.3 is 19.3 Å². The molecule has 3 aromatic rings. The van der Waals surface area contributed by atoms with E-state index in [2.05, 4.69) is 5.10 Å². The SMILES string of the molecule is Cc1c(C(O)=C2C(=O)C(=O)N(CCCN(C)C)[C@H]2c2ccco2)cnn1-c1ccccc1. The van der Waals surface area contributed by atoms with Crippen LogP contribution in [-0.2, 0) is 9.59 Å². The molecule has 2 aromatic heterocycles. The van der Waals surface area contributed by atoms with Crippen LogP contribution in [0.25, 0.3) is 11.4 Å². The van der Waals surface area contributed by atoms with Gasteiger partial charge in [-0.3, -0.25) is 9.59 Å². The standard InChI is InChI=1S/C24H26N4O4/c1-16-18(15-25-28(16)17-9-5-4-6-10-17)22(29)20-21(19-11-7-14-32-19)27(24(31)23(20)30)13-8-12-26(2)3/h4-7,9-11,14-15,21,29H,8,12-13H2,1-3H3/t21-/m0/s1. The lowest BCUT2D eigenvalue weighted by Gasteiger charge is -2.23. The normalized spacial score (nSPS) is 18.1. The number of nitrogens with zero attached hydrogens (tertiary/aromatic N) is 4. The molecule has 3 heterocycles. The summed E-state index contributed by atoms with van der Waals surface area (Å²) in [6, 6.07) is 12.1. The maximum Gasteiger partial charge on any atom is 0.295 e. The zero-order chi connectivity index (χ0) is 22.8. The van der Waals surface area contributed by atoms with Crippen molar-refractivity contribution in [3.8, 4) is 5.69 Å². The van der Waals surface area contributed by atoms with E-state index in [0.717, 1.165) is 12.2 Å². The fraction of sp³-hybridized carbons (Fsp3) is 0.292. The third kappa shape index (κ3) is 3.85. The number of aromatic nitrogens is 2. The Bertz CT molecular complexity index is 1150. The van der Waals surface area contributed by atoms with Gasteiger partial charge in [-0.25, -0.2) is 4.68 Å². The second kappa shape index (κ2) is 8.84. The number of rotatable bonds is 7. The summed E-state index contributed by atoms with van der Waals surface area (Å²) in [4.78, 5) is 29.4. The summed E-state index contributed by atoms with van der Waals surface area (Å²) in [6.07, 6.45) is 3.69. The van der Waals surface area contributed by atoms with Gasteiger partial charge in [-0.05, 0) is 58.3 Å². The fourth-order valence-electron chi connectivity index (χ4n) is 4.03. The molecule has 1 amide bonds. The maximum atomic E-state index is 13.0. The van der Waals surface area contributed by atoms with Gasteiger partial charge in [0.2, 0.25) is 0 Å². The lowest BCUT2D eigenvalue weighted by atomic mass is 9.99. The Kier molecular flexibility index (Phi) is 5.96. The zero-order valence-corrected chi connectivity index (χ0v) is 18.4. The molecule has 0 unspecified atom stereocenters. The molecule has 8 heteroatoms. The summed E-state index contributed by atoms with van der Waals surface area (Å²) in [6.45, 7) is 2.94. The number of Topliss-reactive ketones (excluding diaryl/α,β-unsaturated/α-hetero) is 1. The zero-order valence-electron chi connectivity index (χ0n) is 18.4. The molecule has 1 aromatic carbocycles. The van der Waals surface area contributed by atoms with Gasteiger partial charge >= 0.3 is 0 Å². The molecule has 1 N–H and O–H groups in total. The third-order valence-corrected chi connectivity index (χ3v) is 5.62. The van der Waals surface area contributed by atoms with Gasteiger partial charge in [-0.2, -0.15) is 5.10 Å². The van der Waals surface area contributed by atoms with Crippen LogP contribution >= 0.6 is 0 Å². The van der Waals surface area contributed by atoms with Crippen molar-refractivity contribution in [3.63, 3.8) is 0 Å². The van der Waals surface area contributed by atoms with Crippen molar-refractivity contribution in [2.24, 2.45) is 0 Å². The van der Waals surface area contributed by atoms with Crippen molar-refractivity contribution < 1.29 is 19.1 Å². The molecule has 1 saturated heterocycles. The van der Waals surface area contributed by atoms with E-state index >= 15 is 0 Å². The van der Waals surface area contributed by atoms with Crippen molar-refractivity contribution in [1.82, 2.24) is 19.6 Å². The number of aliphatic hydroxyl groups excluding tert-OH is 1. The van der Waals surface area contributed by atoms with Gasteiger partial charge in [-0.15, -0.1) is 0 Å². The molecule has 0 saturated carbocycles. The maximum absolute atomic E-state index is 13.0. The summed E-state index contributed by atoms with van der Waals surface area (Å²) in [5.74, 6) is -1.18. The van der Waals surface area contributed by atoms with Gasteiger partial charge in [0.1, 0.15) is 17.6 Å². The van der Waals surface area contributed by atoms with Crippen LogP contribution in [0, 0.1) is 6.92 Å². The Hall–Kier alpha value is -3.65. The highest BCUT2D eigenvalue weighted by Gasteiger charge is 2.47. The second-order valence-electron chi connectivity index (χ2n) is 8.06. The first-order chi connectivity index (χ1) is 15.4. The first-order valence-electron chi connectivity index (χ1n) is 10.5. The van der Waals surface area contributed by atoms with E-state index in [1.807, 2.05) is 56.3 Å². The molecule has 1 fully saturated rings. The Morgan fingerprint density at radius 2 is 1.91 bits per heavy atom. The molecule has 0 aliphatic carbocycles. The van der Waals surface area contributed by atoms with Gasteiger partial charge in [0.25, 0.3) is 11.7 Å². The quantitative estimate of drug-likeness (QED) is 0.349. The van der Waals surface area contributed by atoms with E-state index in [1.165, 1.54) is 17.4 Å². The van der Waals surface area contributed by atoms with Crippen LogP contribution in [0.5, 0.6) is 0 Å². The van der Waals surface area contributed by atoms with E-state index in [0.29, 0.717) is 30.0 Å². The van der Waals surface area contributed by atoms with E-state index < -0.39 is 17.7 Å². The molecule has 4 rings (SSSR count). The predicted octanol–water partition coefficient (Wildman–Crippen LogP) is 3.15. The van der Waals surface area contributed by atoms with E-state index in [4.69, 9.17) is 4.42 Å². The lowest BCUT2D eigenvalue weighted by molar-refractivity contribution is -0.140. The highest BCUT2D eigenvalue weighted by molar-refractivity contribution is 6.46. The van der Waals surface area contributed by atoms with Crippen molar-refractivity contribution in [1.29, 1.82) is 0 Å². The first kappa shape index (κ1) is 21.6. The number of carbonyl (C=O) groups excluding carboxylic acids is 2. The van der Waals surface area contributed by atoms with Crippen LogP contribution < -0.4 is 0 Å². The minimum Gasteiger partial charge on any atom is -0.507 e. The molecular weight excluding hydrogens is 408 g/mol. The number of aliphatic hydroxyl groups is 1. The highest BCUT2D eigenvalue weighted by atomic mass is 16.3. The molecule has 1 aliphatic rings. The van der Waals surface area contributed by atoms with Gasteiger partial charge in [0.15, 0.2) is 0 Å². The van der Waals surface area contributed by atoms with E-state index in [1.54, 1.807) is 16.8 Å². The summed E-state index contributed by atoms with van der Waals surface area (Å²) < 4.78 is 7.25. The average Bonchev–Trinajstić information content (AvgIpc) is 3.49. The van der Waals surface area contributed by atoms with Crippen LogP contribution in [0.15, 0.2) is 64.9 Å². The molecule has 1 atom stereocenters. The van der Waals surface area contributed by atoms with Crippen LogP contribution in [-0.4, -0.2) is 63.6 Å². The molecule has 8 nitrogen and oxygen atoms in total. The number of ketones is 1. The Labute approximate surface area is 186 Å². The lowest BCUT2D eigenvalue weighted by Crippen LogP contribution is -2.32. The monoisotopic (exact) mass is 434 g/mol. The summed E-state index contributed by atoms with van der Waals surface area (Å²) >= 11 is 0. The number of para-hydroxylation sites is 1. The van der Waals surface area contributed by atoms with Crippen LogP contribution in [0.2, 0.25) is 0 Å². The Morgan fingerprint density at radius 3 is 2.56 bits per heavy atom. The van der Waals surface area contributed by atoms with E-state index in [9.17, 15) is 14.7 Å². The molecule has 0 radical (unpaired) electrons. The number of benzene rings is 1. The molecule has 0 spiro atoms. The van der Waals surface area contributed by atoms with Crippen LogP contribution in [0.4, 0.5) is 0 Å². The second-order valence-corrected chi connectivity index (χ2v) is 8.06. The highest BCUT2D eigenvalue weighted by Crippen LogP contribution is 2.40. The van der Waals surface area contributed by atoms with Crippen molar-refractivity contribution in [2.75, 3.05) is 27.2 Å². The van der Waals surface area contributed by atoms with Crippen molar-refractivity contribution in [3.05, 3.63) is 77.5 Å². The summed E-state index contributed by atoms with van der Waals surface area (Å²) in [7, 11) is 3.90. The Balaban J connectivity index is 1.77. The van der Waals surface area contributed by atoms with Gasteiger partial charge in [0.05, 0.1) is 35.0 Å². The molecule has 32 heavy (non-hydrogen) atoms. The summed E-state index contributed by atoms with van der Waals surface area (Å²) in [5.41, 5.74) is 1.91. The third-order valence-electron chi connectivity index (χ3n) is 5.62. The Morgan fingerprint density at radius 1 is 1.16 bits per heavy atom. The van der Waals surface area contributed by atoms with Crippen molar-refractivity contribution in [2.45, 2.75) is 19.4 Å². The topological polar surface area (TPSA) is 91.8 Å². The van der Waals surface area contributed by atoms with Gasteiger partial charge in [-0.1, -0.05) is 18.2 Å². The number of hydrogen-bond donors (Lipinski definition) is 1. The van der Waals surface area contributed by atoms with E-state index in [-0.39, 0.29) is 11.3 Å². The fourth-order valence-corrected chi connectivity index (χ4v) is 4.03.